The molecule has 14 N–H and O–H groups in total. The van der Waals surface area contributed by atoms with Gasteiger partial charge in [0.2, 0.25) is 11.8 Å². The zero-order valence-corrected chi connectivity index (χ0v) is 58.0. The normalized spacial score (nSPS) is 27.9. The molecule has 18 unspecified atom stereocenters. The zero-order chi connectivity index (χ0) is 69.6. The summed E-state index contributed by atoms with van der Waals surface area (Å²) >= 11 is 0. The summed E-state index contributed by atoms with van der Waals surface area (Å²) in [6.07, 6.45) is 26.2. The molecule has 18 atom stereocenters. The first-order valence-corrected chi connectivity index (χ1v) is 36.9. The van der Waals surface area contributed by atoms with E-state index in [1.165, 1.54) is 161 Å². The third kappa shape index (κ3) is 33.8. The Morgan fingerprint density at radius 2 is 1.02 bits per heavy atom. The van der Waals surface area contributed by atoms with Gasteiger partial charge >= 0.3 is 5.97 Å². The van der Waals surface area contributed by atoms with Gasteiger partial charge in [0.25, 0.3) is 5.79 Å². The fraction of sp³-hybridized carbons (Fsp3) is 0.875. The predicted molar refractivity (Wildman–Crippen MR) is 361 cm³/mol. The smallest absolute Gasteiger partial charge is 0.364 e. The van der Waals surface area contributed by atoms with Crippen LogP contribution >= 0.6 is 0 Å². The third-order valence-electron chi connectivity index (χ3n) is 18.6. The number of rotatable bonds is 56. The molecule has 0 aromatic rings. The second kappa shape index (κ2) is 52.0. The SMILES string of the molecule is CCCCCCCCCCC/C=C\C/C=C\CCCCCCCCCCCCCC(=O)NC(COC1OC(CO)C(OC2OC(CO)C(O)C(OC3(C(=O)O)CC(O)C(NC(C)=O)C(C(O)C(O)CO)O3)C2O)C(O)C1O)C(O)/C=C/CCCCCCCCCCCCCC. The molecule has 3 rings (SSSR count). The number of ether oxygens (including phenoxy) is 6. The summed E-state index contributed by atoms with van der Waals surface area (Å²) in [6.45, 7) is 2.14. The first-order valence-electron chi connectivity index (χ1n) is 36.9. The van der Waals surface area contributed by atoms with Gasteiger partial charge in [0.05, 0.1) is 50.7 Å². The van der Waals surface area contributed by atoms with E-state index < -0.39 is 155 Å². The van der Waals surface area contributed by atoms with Gasteiger partial charge in [0, 0.05) is 19.8 Å². The molecular formula is C72H130N2O21. The van der Waals surface area contributed by atoms with Crippen molar-refractivity contribution in [3.05, 3.63) is 36.5 Å². The average Bonchev–Trinajstić information content (AvgIpc) is 0.760. The minimum atomic E-state index is -3.08. The van der Waals surface area contributed by atoms with Gasteiger partial charge in [-0.15, -0.1) is 0 Å². The quantitative estimate of drug-likeness (QED) is 0.0204. The minimum absolute atomic E-state index is 0.197. The topological polar surface area (TPSA) is 373 Å². The van der Waals surface area contributed by atoms with Crippen molar-refractivity contribution in [2.45, 2.75) is 375 Å². The van der Waals surface area contributed by atoms with E-state index in [2.05, 4.69) is 48.8 Å². The Kier molecular flexibility index (Phi) is 47.2. The number of carboxylic acid groups (broad SMARTS) is 1. The highest BCUT2D eigenvalue weighted by molar-refractivity contribution is 5.77. The van der Waals surface area contributed by atoms with Gasteiger partial charge in [-0.2, -0.15) is 0 Å². The molecule has 3 fully saturated rings. The number of unbranched alkanes of at least 4 members (excludes halogenated alkanes) is 32. The van der Waals surface area contributed by atoms with E-state index in [-0.39, 0.29) is 12.3 Å². The zero-order valence-electron chi connectivity index (χ0n) is 58.0. The van der Waals surface area contributed by atoms with Crippen molar-refractivity contribution in [3.63, 3.8) is 0 Å². The van der Waals surface area contributed by atoms with Gasteiger partial charge in [-0.1, -0.05) is 230 Å². The molecular weight excluding hydrogens is 1230 g/mol. The average molecular weight is 1360 g/mol. The monoisotopic (exact) mass is 1360 g/mol. The lowest BCUT2D eigenvalue weighted by Gasteiger charge is -2.50. The Bertz CT molecular complexity index is 2060. The van der Waals surface area contributed by atoms with Crippen molar-refractivity contribution in [2.24, 2.45) is 0 Å². The Hall–Kier alpha value is -3.05. The van der Waals surface area contributed by atoms with Crippen molar-refractivity contribution in [1.82, 2.24) is 10.6 Å². The number of aliphatic hydroxyl groups excluding tert-OH is 11. The van der Waals surface area contributed by atoms with Crippen LogP contribution in [0, 0.1) is 0 Å². The van der Waals surface area contributed by atoms with Crippen LogP contribution in [-0.4, -0.2) is 215 Å². The number of aliphatic hydroxyl groups is 11. The summed E-state index contributed by atoms with van der Waals surface area (Å²) in [7, 11) is 0. The molecule has 3 saturated heterocycles. The molecule has 0 aromatic heterocycles. The number of carbonyl (C=O) groups is 3. The molecule has 0 saturated carbocycles. The van der Waals surface area contributed by atoms with Crippen molar-refractivity contribution in [1.29, 1.82) is 0 Å². The van der Waals surface area contributed by atoms with Crippen molar-refractivity contribution in [2.75, 3.05) is 26.4 Å². The Morgan fingerprint density at radius 1 is 0.558 bits per heavy atom. The van der Waals surface area contributed by atoms with Crippen molar-refractivity contribution >= 4 is 17.8 Å². The summed E-state index contributed by atoms with van der Waals surface area (Å²) < 4.78 is 34.8. The second-order valence-corrected chi connectivity index (χ2v) is 26.8. The molecule has 23 heteroatoms. The van der Waals surface area contributed by atoms with E-state index in [1.54, 1.807) is 6.08 Å². The highest BCUT2D eigenvalue weighted by Crippen LogP contribution is 2.39. The number of nitrogens with one attached hydrogen (secondary N) is 2. The lowest BCUT2D eigenvalue weighted by Crippen LogP contribution is -2.70. The molecule has 0 bridgehead atoms. The van der Waals surface area contributed by atoms with Gasteiger partial charge < -0.3 is 100 Å². The van der Waals surface area contributed by atoms with E-state index in [1.807, 2.05) is 6.08 Å². The van der Waals surface area contributed by atoms with Gasteiger partial charge in [0.15, 0.2) is 12.6 Å². The lowest BCUT2D eigenvalue weighted by atomic mass is 9.88. The van der Waals surface area contributed by atoms with Gasteiger partial charge in [0.1, 0.15) is 67.1 Å². The molecule has 554 valence electrons. The number of hydrogen-bond donors (Lipinski definition) is 14. The molecule has 0 spiro atoms. The van der Waals surface area contributed by atoms with Crippen LogP contribution in [-0.2, 0) is 42.8 Å². The summed E-state index contributed by atoms with van der Waals surface area (Å²) in [6, 6.07) is -2.62. The molecule has 0 aliphatic carbocycles. The Morgan fingerprint density at radius 3 is 1.48 bits per heavy atom. The Labute approximate surface area is 567 Å². The number of aliphatic carboxylic acids is 1. The van der Waals surface area contributed by atoms with Crippen molar-refractivity contribution in [3.8, 4) is 0 Å². The van der Waals surface area contributed by atoms with Gasteiger partial charge in [-0.25, -0.2) is 4.79 Å². The molecule has 3 aliphatic heterocycles. The number of carboxylic acids is 1. The molecule has 3 aliphatic rings. The molecule has 2 amide bonds. The van der Waals surface area contributed by atoms with E-state index in [4.69, 9.17) is 28.4 Å². The second-order valence-electron chi connectivity index (χ2n) is 26.8. The summed E-state index contributed by atoms with van der Waals surface area (Å²) in [5.74, 6) is -6.15. The first kappa shape index (κ1) is 86.2. The highest BCUT2D eigenvalue weighted by Gasteiger charge is 2.60. The van der Waals surface area contributed by atoms with E-state index in [9.17, 15) is 75.7 Å². The number of amides is 2. The molecule has 0 aromatic carbocycles. The third-order valence-corrected chi connectivity index (χ3v) is 18.6. The summed E-state index contributed by atoms with van der Waals surface area (Å²) in [5.41, 5.74) is 0. The van der Waals surface area contributed by atoms with Crippen LogP contribution in [0.1, 0.15) is 265 Å². The number of allylic oxidation sites excluding steroid dienone is 5. The minimum Gasteiger partial charge on any atom is -0.477 e. The van der Waals surface area contributed by atoms with Crippen LogP contribution in [0.5, 0.6) is 0 Å². The van der Waals surface area contributed by atoms with Crippen LogP contribution in [0.15, 0.2) is 36.5 Å². The Balaban J connectivity index is 1.54. The number of hydrogen-bond acceptors (Lipinski definition) is 20. The van der Waals surface area contributed by atoms with Crippen molar-refractivity contribution < 1.29 is 104 Å². The molecule has 0 radical (unpaired) electrons. The van der Waals surface area contributed by atoms with Crippen LogP contribution in [0.4, 0.5) is 0 Å². The highest BCUT2D eigenvalue weighted by atomic mass is 16.8. The van der Waals surface area contributed by atoms with E-state index >= 15 is 0 Å². The maximum atomic E-state index is 13.5. The van der Waals surface area contributed by atoms with Crippen LogP contribution in [0.2, 0.25) is 0 Å². The molecule has 3 heterocycles. The van der Waals surface area contributed by atoms with Gasteiger partial charge in [-0.3, -0.25) is 9.59 Å². The van der Waals surface area contributed by atoms with Crippen LogP contribution < -0.4 is 10.6 Å². The van der Waals surface area contributed by atoms with Crippen LogP contribution in [0.25, 0.3) is 0 Å². The maximum Gasteiger partial charge on any atom is 0.364 e. The fourth-order valence-electron chi connectivity index (χ4n) is 12.7. The standard InChI is InChI=1S/C72H130N2O21/c1-4-6-8-10-12-14-16-18-20-21-22-23-24-25-26-27-28-29-30-31-32-34-36-38-40-42-44-46-59(82)74-53(54(79)45-43-41-39-37-35-33-19-17-15-13-11-9-7-5-2)51-90-69-64(86)63(85)66(58(50-77)92-69)93-70-65(87)68(62(84)57(49-76)91-70)95-72(71(88)89)47-55(80)60(73-52(3)78)67(94-72)61(83)56(81)48-75/h22-23,25-26,43,45,53-58,60-70,75-77,79-81,83-87H,4-21,24,27-42,44,46-51H2,1-3H3,(H,73,78)(H,74,82)(H,88,89)/b23-22-,26-25-,45-43+. The fourth-order valence-corrected chi connectivity index (χ4v) is 12.7. The maximum absolute atomic E-state index is 13.5. The van der Waals surface area contributed by atoms with Gasteiger partial charge in [-0.05, 0) is 51.4 Å². The number of carbonyl (C=O) groups excluding carboxylic acids is 2. The summed E-state index contributed by atoms with van der Waals surface area (Å²) in [5, 5.41) is 136. The van der Waals surface area contributed by atoms with E-state index in [0.717, 1.165) is 64.7 Å². The van der Waals surface area contributed by atoms with E-state index in [0.29, 0.717) is 12.8 Å². The lowest BCUT2D eigenvalue weighted by molar-refractivity contribution is -0.386. The molecule has 95 heavy (non-hydrogen) atoms. The first-order chi connectivity index (χ1) is 45.9. The van der Waals surface area contributed by atoms with Crippen LogP contribution in [0.3, 0.4) is 0 Å². The predicted octanol–water partition coefficient (Wildman–Crippen LogP) is 7.79. The summed E-state index contributed by atoms with van der Waals surface area (Å²) in [4.78, 5) is 38.6. The molecule has 23 nitrogen and oxygen atoms in total. The largest absolute Gasteiger partial charge is 0.477 e.